The number of nitrogens with one attached hydrogen (secondary N) is 2. The minimum absolute atomic E-state index is 0.906. The van der Waals surface area contributed by atoms with Gasteiger partial charge in [-0.05, 0) is 50.6 Å². The first-order chi connectivity index (χ1) is 8.76. The van der Waals surface area contributed by atoms with Crippen LogP contribution in [0.15, 0.2) is 18.2 Å². The quantitative estimate of drug-likeness (QED) is 0.769. The van der Waals surface area contributed by atoms with Gasteiger partial charge in [0, 0.05) is 22.7 Å². The first-order valence-corrected chi connectivity index (χ1v) is 6.62. The summed E-state index contributed by atoms with van der Waals surface area (Å²) in [5.41, 5.74) is 3.88. The molecule has 0 spiro atoms. The molecule has 1 aromatic carbocycles. The van der Waals surface area contributed by atoms with E-state index < -0.39 is 0 Å². The molecular formula is C15H22N2O. The lowest BCUT2D eigenvalue weighted by Gasteiger charge is -2.03. The van der Waals surface area contributed by atoms with E-state index in [4.69, 9.17) is 4.74 Å². The van der Waals surface area contributed by atoms with Crippen molar-refractivity contribution in [2.24, 2.45) is 0 Å². The molecule has 2 N–H and O–H groups in total. The van der Waals surface area contributed by atoms with E-state index in [9.17, 15) is 0 Å². The second kappa shape index (κ2) is 5.91. The van der Waals surface area contributed by atoms with E-state index in [1.54, 1.807) is 7.11 Å². The van der Waals surface area contributed by atoms with Gasteiger partial charge < -0.3 is 15.0 Å². The van der Waals surface area contributed by atoms with Crippen molar-refractivity contribution >= 4 is 10.9 Å². The number of ether oxygens (including phenoxy) is 1. The summed E-state index contributed by atoms with van der Waals surface area (Å²) >= 11 is 0. The molecule has 1 aromatic heterocycles. The van der Waals surface area contributed by atoms with Crippen LogP contribution in [0.3, 0.4) is 0 Å². The topological polar surface area (TPSA) is 37.0 Å². The number of benzene rings is 1. The fraction of sp³-hybridized carbons (Fsp3) is 0.467. The monoisotopic (exact) mass is 246 g/mol. The molecule has 98 valence electrons. The summed E-state index contributed by atoms with van der Waals surface area (Å²) in [7, 11) is 1.70. The SMILES string of the molecule is CCNCCCc1c(C)[nH]c2cc(OC)ccc12. The Bertz CT molecular complexity index is 516. The summed E-state index contributed by atoms with van der Waals surface area (Å²) in [6.45, 7) is 6.42. The van der Waals surface area contributed by atoms with Gasteiger partial charge in [0.2, 0.25) is 0 Å². The Hall–Kier alpha value is -1.48. The van der Waals surface area contributed by atoms with E-state index in [0.717, 1.165) is 25.3 Å². The number of methoxy groups -OCH3 is 1. The second-order valence-corrected chi connectivity index (χ2v) is 4.60. The van der Waals surface area contributed by atoms with Crippen LogP contribution in [0.1, 0.15) is 24.6 Å². The Labute approximate surface area is 109 Å². The number of hydrogen-bond donors (Lipinski definition) is 2. The fourth-order valence-electron chi connectivity index (χ4n) is 2.39. The Morgan fingerprint density at radius 3 is 2.89 bits per heavy atom. The van der Waals surface area contributed by atoms with Crippen molar-refractivity contribution < 1.29 is 4.74 Å². The first-order valence-electron chi connectivity index (χ1n) is 6.62. The molecule has 0 saturated carbocycles. The van der Waals surface area contributed by atoms with E-state index in [1.807, 2.05) is 6.07 Å². The van der Waals surface area contributed by atoms with Crippen LogP contribution in [0.2, 0.25) is 0 Å². The Morgan fingerprint density at radius 1 is 1.33 bits per heavy atom. The zero-order valence-corrected chi connectivity index (χ0v) is 11.5. The molecular weight excluding hydrogens is 224 g/mol. The summed E-state index contributed by atoms with van der Waals surface area (Å²) in [4.78, 5) is 3.44. The molecule has 0 amide bonds. The van der Waals surface area contributed by atoms with Gasteiger partial charge in [-0.2, -0.15) is 0 Å². The van der Waals surface area contributed by atoms with Crippen molar-refractivity contribution in [3.63, 3.8) is 0 Å². The number of rotatable bonds is 6. The normalized spacial score (nSPS) is 11.1. The van der Waals surface area contributed by atoms with E-state index >= 15 is 0 Å². The highest BCUT2D eigenvalue weighted by atomic mass is 16.5. The molecule has 2 rings (SSSR count). The molecule has 0 unspecified atom stereocenters. The van der Waals surface area contributed by atoms with Crippen molar-refractivity contribution in [1.82, 2.24) is 10.3 Å². The number of aryl methyl sites for hydroxylation is 2. The van der Waals surface area contributed by atoms with Gasteiger partial charge in [0.25, 0.3) is 0 Å². The maximum absolute atomic E-state index is 5.25. The van der Waals surface area contributed by atoms with Gasteiger partial charge in [-0.3, -0.25) is 0 Å². The van der Waals surface area contributed by atoms with Crippen LogP contribution in [0, 0.1) is 6.92 Å². The molecule has 3 nitrogen and oxygen atoms in total. The molecule has 1 heterocycles. The molecule has 0 atom stereocenters. The average molecular weight is 246 g/mol. The van der Waals surface area contributed by atoms with Crippen LogP contribution in [0.4, 0.5) is 0 Å². The largest absolute Gasteiger partial charge is 0.497 e. The summed E-state index contributed by atoms with van der Waals surface area (Å²) in [5.74, 6) is 0.906. The van der Waals surface area contributed by atoms with Crippen LogP contribution in [0.5, 0.6) is 5.75 Å². The van der Waals surface area contributed by atoms with E-state index in [-0.39, 0.29) is 0 Å². The Kier molecular flexibility index (Phi) is 4.26. The van der Waals surface area contributed by atoms with Gasteiger partial charge in [0.15, 0.2) is 0 Å². The van der Waals surface area contributed by atoms with Gasteiger partial charge in [0.05, 0.1) is 7.11 Å². The van der Waals surface area contributed by atoms with Gasteiger partial charge in [-0.15, -0.1) is 0 Å². The lowest BCUT2D eigenvalue weighted by Crippen LogP contribution is -2.14. The van der Waals surface area contributed by atoms with Crippen molar-refractivity contribution in [3.8, 4) is 5.75 Å². The minimum Gasteiger partial charge on any atom is -0.497 e. The molecule has 18 heavy (non-hydrogen) atoms. The third kappa shape index (κ3) is 2.67. The lowest BCUT2D eigenvalue weighted by atomic mass is 10.1. The number of aromatic nitrogens is 1. The highest BCUT2D eigenvalue weighted by Gasteiger charge is 2.08. The highest BCUT2D eigenvalue weighted by molar-refractivity contribution is 5.85. The number of aromatic amines is 1. The average Bonchev–Trinajstić information content (AvgIpc) is 2.69. The fourth-order valence-corrected chi connectivity index (χ4v) is 2.39. The Balaban J connectivity index is 2.19. The summed E-state index contributed by atoms with van der Waals surface area (Å²) in [5, 5.41) is 4.69. The molecule has 0 fully saturated rings. The summed E-state index contributed by atoms with van der Waals surface area (Å²) < 4.78 is 5.25. The number of H-pyrrole nitrogens is 1. The van der Waals surface area contributed by atoms with Crippen molar-refractivity contribution in [2.45, 2.75) is 26.7 Å². The van der Waals surface area contributed by atoms with Crippen LogP contribution in [0.25, 0.3) is 10.9 Å². The molecule has 0 aliphatic carbocycles. The molecule has 0 radical (unpaired) electrons. The van der Waals surface area contributed by atoms with Crippen molar-refractivity contribution in [1.29, 1.82) is 0 Å². The number of hydrogen-bond acceptors (Lipinski definition) is 2. The van der Waals surface area contributed by atoms with Crippen LogP contribution < -0.4 is 10.1 Å². The molecule has 0 aliphatic rings. The van der Waals surface area contributed by atoms with Crippen LogP contribution in [-0.2, 0) is 6.42 Å². The second-order valence-electron chi connectivity index (χ2n) is 4.60. The molecule has 0 bridgehead atoms. The lowest BCUT2D eigenvalue weighted by molar-refractivity contribution is 0.415. The third-order valence-corrected chi connectivity index (χ3v) is 3.36. The first kappa shape index (κ1) is 13.0. The van der Waals surface area contributed by atoms with Gasteiger partial charge in [0.1, 0.15) is 5.75 Å². The molecule has 0 aliphatic heterocycles. The highest BCUT2D eigenvalue weighted by Crippen LogP contribution is 2.26. The molecule has 0 saturated heterocycles. The van der Waals surface area contributed by atoms with E-state index in [2.05, 4.69) is 36.3 Å². The third-order valence-electron chi connectivity index (χ3n) is 3.36. The van der Waals surface area contributed by atoms with Crippen molar-refractivity contribution in [2.75, 3.05) is 20.2 Å². The van der Waals surface area contributed by atoms with E-state index in [1.165, 1.54) is 28.6 Å². The summed E-state index contributed by atoms with van der Waals surface area (Å²) in [6, 6.07) is 6.25. The standard InChI is InChI=1S/C15H22N2O/c1-4-16-9-5-6-13-11(2)17-15-10-12(18-3)7-8-14(13)15/h7-8,10,16-17H,4-6,9H2,1-3H3. The smallest absolute Gasteiger partial charge is 0.120 e. The van der Waals surface area contributed by atoms with Gasteiger partial charge in [-0.1, -0.05) is 6.92 Å². The molecule has 2 aromatic rings. The zero-order valence-electron chi connectivity index (χ0n) is 11.5. The predicted molar refractivity (Wildman–Crippen MR) is 76.5 cm³/mol. The molecule has 3 heteroatoms. The maximum atomic E-state index is 5.25. The maximum Gasteiger partial charge on any atom is 0.120 e. The zero-order chi connectivity index (χ0) is 13.0. The number of fused-ring (bicyclic) bond motifs is 1. The summed E-state index contributed by atoms with van der Waals surface area (Å²) in [6.07, 6.45) is 2.29. The minimum atomic E-state index is 0.906. The van der Waals surface area contributed by atoms with Crippen LogP contribution in [-0.4, -0.2) is 25.2 Å². The Morgan fingerprint density at radius 2 is 2.17 bits per heavy atom. The van der Waals surface area contributed by atoms with Crippen molar-refractivity contribution in [3.05, 3.63) is 29.5 Å². The predicted octanol–water partition coefficient (Wildman–Crippen LogP) is 3.03. The van der Waals surface area contributed by atoms with Gasteiger partial charge in [-0.25, -0.2) is 0 Å². The van der Waals surface area contributed by atoms with Gasteiger partial charge >= 0.3 is 0 Å². The van der Waals surface area contributed by atoms with Crippen LogP contribution >= 0.6 is 0 Å². The van der Waals surface area contributed by atoms with E-state index in [0.29, 0.717) is 0 Å².